The fourth-order valence-corrected chi connectivity index (χ4v) is 5.49. The third-order valence-electron chi connectivity index (χ3n) is 5.02. The highest BCUT2D eigenvalue weighted by Crippen LogP contribution is 2.61. The van der Waals surface area contributed by atoms with Gasteiger partial charge in [-0.25, -0.2) is 13.9 Å². The molecule has 1 aromatic rings. The Bertz CT molecular complexity index is 1090. The van der Waals surface area contributed by atoms with E-state index in [1.54, 1.807) is 0 Å². The highest BCUT2D eigenvalue weighted by Gasteiger charge is 2.47. The van der Waals surface area contributed by atoms with Crippen LogP contribution in [0, 0.1) is 0 Å². The van der Waals surface area contributed by atoms with Crippen molar-refractivity contribution in [3.63, 3.8) is 0 Å². The number of hydrogen-bond acceptors (Lipinski definition) is 14. The summed E-state index contributed by atoms with van der Waals surface area (Å²) in [4.78, 5) is 44.5. The van der Waals surface area contributed by atoms with Crippen molar-refractivity contribution < 1.29 is 67.3 Å². The van der Waals surface area contributed by atoms with Crippen molar-refractivity contribution in [3.05, 3.63) is 33.1 Å². The van der Waals surface area contributed by atoms with Crippen LogP contribution in [-0.2, 0) is 32.0 Å². The molecular weight excluding hydrogens is 526 g/mol. The van der Waals surface area contributed by atoms with E-state index in [1.807, 2.05) is 4.98 Å². The summed E-state index contributed by atoms with van der Waals surface area (Å²) in [5.74, 6) is 0. The molecule has 3 heterocycles. The van der Waals surface area contributed by atoms with Crippen molar-refractivity contribution >= 4 is 15.6 Å². The van der Waals surface area contributed by atoms with Gasteiger partial charge in [0.2, 0.25) is 0 Å². The number of aliphatic hydroxyl groups is 5. The van der Waals surface area contributed by atoms with E-state index in [2.05, 4.69) is 13.4 Å². The molecule has 1 aromatic heterocycles. The molecule has 35 heavy (non-hydrogen) atoms. The fourth-order valence-electron chi connectivity index (χ4n) is 3.32. The molecule has 8 N–H and O–H groups in total. The molecule has 0 radical (unpaired) electrons. The molecule has 20 heteroatoms. The predicted octanol–water partition coefficient (Wildman–Crippen LogP) is -3.76. The summed E-state index contributed by atoms with van der Waals surface area (Å²) in [7, 11) is -10.9. The van der Waals surface area contributed by atoms with Gasteiger partial charge >= 0.3 is 21.3 Å². The first-order valence-electron chi connectivity index (χ1n) is 9.88. The molecule has 0 spiro atoms. The Morgan fingerprint density at radius 2 is 1.71 bits per heavy atom. The average Bonchev–Trinajstić information content (AvgIpc) is 3.02. The third-order valence-corrected chi connectivity index (χ3v) is 7.62. The standard InChI is InChI=1S/C15H24N2O16P2/c18-4-8-6(19)3-7(20)14(31-8)32-35(27,28)33-34(25,26)29-5-9-11(22)12(23)13(30-9)17-2-1-10(21)16-15(17)24/h1-2,6-9,11-14,18-20,22-23H,3-5H2,(H,25,26)(H,27,28)(H,16,21,24)/t6-,7-,8-,9-,11-,12-,13-,14-/m1/s1. The van der Waals surface area contributed by atoms with Gasteiger partial charge in [-0.2, -0.15) is 4.31 Å². The summed E-state index contributed by atoms with van der Waals surface area (Å²) in [5, 5.41) is 48.8. The van der Waals surface area contributed by atoms with E-state index in [9.17, 15) is 48.9 Å². The molecule has 2 unspecified atom stereocenters. The van der Waals surface area contributed by atoms with Gasteiger partial charge in [0, 0.05) is 18.7 Å². The maximum absolute atomic E-state index is 12.1. The molecule has 18 nitrogen and oxygen atoms in total. The molecule has 0 saturated carbocycles. The maximum Gasteiger partial charge on any atom is 0.483 e. The lowest BCUT2D eigenvalue weighted by Gasteiger charge is -2.36. The zero-order chi connectivity index (χ0) is 26.1. The van der Waals surface area contributed by atoms with Gasteiger partial charge in [0.05, 0.1) is 19.3 Å². The molecule has 0 aliphatic carbocycles. The fraction of sp³-hybridized carbons (Fsp3) is 0.733. The Balaban J connectivity index is 1.60. The van der Waals surface area contributed by atoms with Crippen LogP contribution in [0.4, 0.5) is 0 Å². The number of nitrogens with zero attached hydrogens (tertiary/aromatic N) is 1. The van der Waals surface area contributed by atoms with E-state index in [1.165, 1.54) is 0 Å². The summed E-state index contributed by atoms with van der Waals surface area (Å²) < 4.78 is 48.3. The zero-order valence-electron chi connectivity index (χ0n) is 17.5. The van der Waals surface area contributed by atoms with Gasteiger partial charge in [-0.3, -0.25) is 23.4 Å². The van der Waals surface area contributed by atoms with Gasteiger partial charge in [-0.1, -0.05) is 0 Å². The molecule has 0 aromatic carbocycles. The Labute approximate surface area is 195 Å². The molecule has 200 valence electrons. The topological polar surface area (TPSA) is 277 Å². The first kappa shape index (κ1) is 28.2. The molecule has 10 atom stereocenters. The lowest BCUT2D eigenvalue weighted by Crippen LogP contribution is -2.49. The number of rotatable bonds is 9. The normalized spacial score (nSPS) is 37.0. The van der Waals surface area contributed by atoms with Crippen LogP contribution in [0.15, 0.2) is 21.9 Å². The van der Waals surface area contributed by atoms with Crippen LogP contribution in [0.2, 0.25) is 0 Å². The number of nitrogens with one attached hydrogen (secondary N) is 1. The summed E-state index contributed by atoms with van der Waals surface area (Å²) in [6.07, 6.45) is -12.2. The minimum Gasteiger partial charge on any atom is -0.394 e. The Hall–Kier alpha value is -1.34. The number of phosphoric ester groups is 2. The highest BCUT2D eigenvalue weighted by atomic mass is 31.3. The van der Waals surface area contributed by atoms with Gasteiger partial charge in [0.25, 0.3) is 5.56 Å². The van der Waals surface area contributed by atoms with E-state index in [0.29, 0.717) is 0 Å². The van der Waals surface area contributed by atoms with Crippen LogP contribution in [0.1, 0.15) is 12.6 Å². The van der Waals surface area contributed by atoms with E-state index in [4.69, 9.17) is 14.6 Å². The second-order valence-electron chi connectivity index (χ2n) is 7.58. The number of H-pyrrole nitrogens is 1. The monoisotopic (exact) mass is 550 g/mol. The van der Waals surface area contributed by atoms with Crippen LogP contribution in [0.25, 0.3) is 0 Å². The first-order valence-corrected chi connectivity index (χ1v) is 12.9. The van der Waals surface area contributed by atoms with E-state index >= 15 is 0 Å². The molecule has 2 saturated heterocycles. The molecule has 2 fully saturated rings. The van der Waals surface area contributed by atoms with E-state index in [0.717, 1.165) is 16.8 Å². The first-order chi connectivity index (χ1) is 16.2. The van der Waals surface area contributed by atoms with Crippen molar-refractivity contribution in [2.45, 2.75) is 55.6 Å². The largest absolute Gasteiger partial charge is 0.483 e. The number of ether oxygens (including phenoxy) is 2. The second-order valence-corrected chi connectivity index (χ2v) is 10.6. The van der Waals surface area contributed by atoms with Gasteiger partial charge in [-0.05, 0) is 0 Å². The van der Waals surface area contributed by atoms with Crippen molar-refractivity contribution in [2.75, 3.05) is 13.2 Å². The number of aromatic amines is 1. The number of aliphatic hydroxyl groups excluding tert-OH is 5. The number of phosphoric acid groups is 2. The molecule has 2 aliphatic rings. The van der Waals surface area contributed by atoms with Gasteiger partial charge in [0.15, 0.2) is 12.5 Å². The molecule has 0 amide bonds. The smallest absolute Gasteiger partial charge is 0.394 e. The SMILES string of the molecule is O=c1ccn([C@@H]2O[C@H](COP(=O)(O)OP(=O)(O)O[C@H]3O[C@H](CO)[C@H](O)C[C@H]3O)[C@@H](O)[C@H]2O)c(=O)[nH]1. The molecular formula is C15H24N2O16P2. The quantitative estimate of drug-likeness (QED) is 0.137. The van der Waals surface area contributed by atoms with Gasteiger partial charge < -0.3 is 44.8 Å². The van der Waals surface area contributed by atoms with Crippen molar-refractivity contribution in [3.8, 4) is 0 Å². The van der Waals surface area contributed by atoms with Gasteiger partial charge in [-0.15, -0.1) is 0 Å². The number of hydrogen-bond donors (Lipinski definition) is 8. The molecule has 3 rings (SSSR count). The maximum atomic E-state index is 12.1. The van der Waals surface area contributed by atoms with E-state index < -0.39 is 95.7 Å². The molecule has 0 bridgehead atoms. The van der Waals surface area contributed by atoms with Crippen LogP contribution in [-0.4, -0.2) is 101 Å². The Kier molecular flexibility index (Phi) is 8.84. The Morgan fingerprint density at radius 1 is 1.03 bits per heavy atom. The minimum absolute atomic E-state index is 0.415. The summed E-state index contributed by atoms with van der Waals surface area (Å²) >= 11 is 0. The predicted molar refractivity (Wildman–Crippen MR) is 107 cm³/mol. The minimum atomic E-state index is -5.45. The van der Waals surface area contributed by atoms with Crippen molar-refractivity contribution in [2.24, 2.45) is 0 Å². The zero-order valence-corrected chi connectivity index (χ0v) is 19.3. The van der Waals surface area contributed by atoms with Crippen LogP contribution in [0.3, 0.4) is 0 Å². The van der Waals surface area contributed by atoms with Crippen LogP contribution >= 0.6 is 15.6 Å². The summed E-state index contributed by atoms with van der Waals surface area (Å²) in [5.41, 5.74) is -1.71. The molecule has 2 aliphatic heterocycles. The van der Waals surface area contributed by atoms with Crippen LogP contribution < -0.4 is 11.2 Å². The lowest BCUT2D eigenvalue weighted by atomic mass is 10.0. The lowest BCUT2D eigenvalue weighted by molar-refractivity contribution is -0.244. The van der Waals surface area contributed by atoms with Crippen molar-refractivity contribution in [1.82, 2.24) is 9.55 Å². The number of aromatic nitrogens is 2. The highest BCUT2D eigenvalue weighted by molar-refractivity contribution is 7.61. The second kappa shape index (κ2) is 11.0. The van der Waals surface area contributed by atoms with Gasteiger partial charge in [0.1, 0.15) is 30.5 Å². The Morgan fingerprint density at radius 3 is 2.34 bits per heavy atom. The van der Waals surface area contributed by atoms with Crippen molar-refractivity contribution in [1.29, 1.82) is 0 Å². The average molecular weight is 550 g/mol. The van der Waals surface area contributed by atoms with Crippen LogP contribution in [0.5, 0.6) is 0 Å². The third kappa shape index (κ3) is 6.91. The summed E-state index contributed by atoms with van der Waals surface area (Å²) in [6, 6.07) is 0.943. The van der Waals surface area contributed by atoms with E-state index in [-0.39, 0.29) is 0 Å². The summed E-state index contributed by atoms with van der Waals surface area (Å²) in [6.45, 7) is -1.71.